The van der Waals surface area contributed by atoms with E-state index in [1.54, 1.807) is 43.3 Å². The van der Waals surface area contributed by atoms with Gasteiger partial charge in [0.15, 0.2) is 0 Å². The Bertz CT molecular complexity index is 707. The third kappa shape index (κ3) is 3.64. The normalized spacial score (nSPS) is 17.8. The van der Waals surface area contributed by atoms with E-state index in [0.717, 1.165) is 36.6 Å². The zero-order valence-corrected chi connectivity index (χ0v) is 15.3. The van der Waals surface area contributed by atoms with Crippen molar-refractivity contribution in [3.05, 3.63) is 40.9 Å². The molecule has 0 aromatic carbocycles. The standard InChI is InChI=1S/C17H20N2O3S2/c1-12(19-20)13-3-4-15(18-10-13)24-16-9-14(11-23-16)17(21-2)5-7-22-8-6-17/h3-4,9-11,20H,5-8H2,1-2H3. The van der Waals surface area contributed by atoms with Gasteiger partial charge in [-0.25, -0.2) is 4.98 Å². The Hall–Kier alpha value is -1.41. The van der Waals surface area contributed by atoms with E-state index < -0.39 is 0 Å². The van der Waals surface area contributed by atoms with Crippen molar-refractivity contribution in [1.82, 2.24) is 4.98 Å². The van der Waals surface area contributed by atoms with Gasteiger partial charge in [0.25, 0.3) is 0 Å². The maximum Gasteiger partial charge on any atom is 0.102 e. The minimum atomic E-state index is -0.223. The van der Waals surface area contributed by atoms with Gasteiger partial charge in [-0.2, -0.15) is 0 Å². The third-order valence-corrected chi connectivity index (χ3v) is 6.33. The summed E-state index contributed by atoms with van der Waals surface area (Å²) in [6, 6.07) is 6.04. The minimum absolute atomic E-state index is 0.223. The van der Waals surface area contributed by atoms with Gasteiger partial charge in [-0.15, -0.1) is 11.3 Å². The Balaban J connectivity index is 1.74. The number of thiophene rings is 1. The van der Waals surface area contributed by atoms with Gasteiger partial charge in [-0.3, -0.25) is 0 Å². The zero-order chi connectivity index (χ0) is 17.0. The first-order chi connectivity index (χ1) is 11.7. The van der Waals surface area contributed by atoms with Crippen molar-refractivity contribution in [3.63, 3.8) is 0 Å². The minimum Gasteiger partial charge on any atom is -0.411 e. The lowest BCUT2D eigenvalue weighted by Crippen LogP contribution is -2.35. The number of methoxy groups -OCH3 is 1. The average molecular weight is 364 g/mol. The number of hydrogen-bond acceptors (Lipinski definition) is 7. The molecule has 3 rings (SSSR count). The summed E-state index contributed by atoms with van der Waals surface area (Å²) in [6.45, 7) is 3.22. The summed E-state index contributed by atoms with van der Waals surface area (Å²) in [5.74, 6) is 0. The molecule has 1 N–H and O–H groups in total. The monoisotopic (exact) mass is 364 g/mol. The summed E-state index contributed by atoms with van der Waals surface area (Å²) in [5, 5.41) is 15.1. The van der Waals surface area contributed by atoms with Gasteiger partial charge in [0.05, 0.1) is 15.5 Å². The van der Waals surface area contributed by atoms with Gasteiger partial charge in [-0.05, 0) is 36.1 Å². The number of rotatable bonds is 5. The molecule has 3 heterocycles. The third-order valence-electron chi connectivity index (χ3n) is 4.30. The molecule has 1 saturated heterocycles. The van der Waals surface area contributed by atoms with Crippen LogP contribution in [0.3, 0.4) is 0 Å². The summed E-state index contributed by atoms with van der Waals surface area (Å²) >= 11 is 3.33. The second-order valence-corrected chi connectivity index (χ2v) is 7.87. The van der Waals surface area contributed by atoms with Crippen LogP contribution in [0.25, 0.3) is 0 Å². The van der Waals surface area contributed by atoms with Crippen molar-refractivity contribution >= 4 is 28.8 Å². The van der Waals surface area contributed by atoms with Crippen molar-refractivity contribution in [2.75, 3.05) is 20.3 Å². The molecule has 5 nitrogen and oxygen atoms in total. The zero-order valence-electron chi connectivity index (χ0n) is 13.7. The van der Waals surface area contributed by atoms with Crippen LogP contribution in [0.1, 0.15) is 30.9 Å². The Labute approximate surface area is 149 Å². The van der Waals surface area contributed by atoms with Crippen LogP contribution in [0.5, 0.6) is 0 Å². The SMILES string of the molecule is COC1(c2csc(Sc3ccc(C(C)=NO)cn3)c2)CCOCC1. The molecule has 128 valence electrons. The second-order valence-electron chi connectivity index (χ2n) is 5.64. The van der Waals surface area contributed by atoms with Gasteiger partial charge in [0, 0.05) is 44.9 Å². The lowest BCUT2D eigenvalue weighted by molar-refractivity contribution is -0.0946. The Morgan fingerprint density at radius 2 is 2.21 bits per heavy atom. The molecule has 2 aromatic rings. The number of pyridine rings is 1. The van der Waals surface area contributed by atoms with Crippen LogP contribution in [0, 0.1) is 0 Å². The highest BCUT2D eigenvalue weighted by Gasteiger charge is 2.35. The van der Waals surface area contributed by atoms with E-state index in [1.807, 2.05) is 12.1 Å². The van der Waals surface area contributed by atoms with Crippen molar-refractivity contribution in [3.8, 4) is 0 Å². The van der Waals surface area contributed by atoms with Crippen LogP contribution >= 0.6 is 23.1 Å². The Kier molecular flexibility index (Phi) is 5.55. The van der Waals surface area contributed by atoms with E-state index in [-0.39, 0.29) is 5.60 Å². The molecule has 7 heteroatoms. The fraction of sp³-hybridized carbons (Fsp3) is 0.412. The predicted molar refractivity (Wildman–Crippen MR) is 95.4 cm³/mol. The van der Waals surface area contributed by atoms with Crippen LogP contribution in [0.15, 0.2) is 44.2 Å². The van der Waals surface area contributed by atoms with Crippen LogP contribution < -0.4 is 0 Å². The van der Waals surface area contributed by atoms with Crippen LogP contribution in [0.4, 0.5) is 0 Å². The molecular formula is C17H20N2O3S2. The Morgan fingerprint density at radius 1 is 1.42 bits per heavy atom. The molecule has 2 aromatic heterocycles. The van der Waals surface area contributed by atoms with Crippen molar-refractivity contribution < 1.29 is 14.7 Å². The molecule has 0 atom stereocenters. The van der Waals surface area contributed by atoms with Crippen molar-refractivity contribution in [2.45, 2.75) is 34.6 Å². The van der Waals surface area contributed by atoms with E-state index in [1.165, 1.54) is 9.77 Å². The number of oxime groups is 1. The van der Waals surface area contributed by atoms with Gasteiger partial charge in [0.2, 0.25) is 0 Å². The Morgan fingerprint density at radius 3 is 2.83 bits per heavy atom. The largest absolute Gasteiger partial charge is 0.411 e. The first-order valence-corrected chi connectivity index (χ1v) is 9.41. The van der Waals surface area contributed by atoms with E-state index in [9.17, 15) is 0 Å². The van der Waals surface area contributed by atoms with E-state index in [4.69, 9.17) is 14.7 Å². The molecule has 0 amide bonds. The summed E-state index contributed by atoms with van der Waals surface area (Å²) in [5.41, 5.74) is 2.37. The molecule has 1 aliphatic rings. The topological polar surface area (TPSA) is 63.9 Å². The maximum atomic E-state index is 8.80. The molecule has 1 fully saturated rings. The molecule has 0 unspecified atom stereocenters. The highest BCUT2D eigenvalue weighted by atomic mass is 32.2. The molecule has 0 saturated carbocycles. The second kappa shape index (κ2) is 7.65. The molecule has 0 radical (unpaired) electrons. The van der Waals surface area contributed by atoms with Crippen molar-refractivity contribution in [1.29, 1.82) is 0 Å². The number of nitrogens with zero attached hydrogens (tertiary/aromatic N) is 2. The summed E-state index contributed by atoms with van der Waals surface area (Å²) in [6.07, 6.45) is 3.50. The predicted octanol–water partition coefficient (Wildman–Crippen LogP) is 4.14. The van der Waals surface area contributed by atoms with Gasteiger partial charge >= 0.3 is 0 Å². The van der Waals surface area contributed by atoms with Crippen LogP contribution in [0.2, 0.25) is 0 Å². The quantitative estimate of drug-likeness (QED) is 0.491. The fourth-order valence-electron chi connectivity index (χ4n) is 2.74. The maximum absolute atomic E-state index is 8.80. The molecule has 0 bridgehead atoms. The highest BCUT2D eigenvalue weighted by Crippen LogP contribution is 2.41. The van der Waals surface area contributed by atoms with Gasteiger partial charge in [-0.1, -0.05) is 16.9 Å². The average Bonchev–Trinajstić information content (AvgIpc) is 3.11. The van der Waals surface area contributed by atoms with E-state index in [2.05, 4.69) is 21.6 Å². The molecular weight excluding hydrogens is 344 g/mol. The number of aromatic nitrogens is 1. The molecule has 1 aliphatic heterocycles. The van der Waals surface area contributed by atoms with Gasteiger partial charge in [0.1, 0.15) is 5.03 Å². The lowest BCUT2D eigenvalue weighted by Gasteiger charge is -2.35. The fourth-order valence-corrected chi connectivity index (χ4v) is 4.68. The summed E-state index contributed by atoms with van der Waals surface area (Å²) < 4.78 is 12.5. The number of hydrogen-bond donors (Lipinski definition) is 1. The van der Waals surface area contributed by atoms with Crippen LogP contribution in [-0.4, -0.2) is 36.2 Å². The summed E-state index contributed by atoms with van der Waals surface area (Å²) in [4.78, 5) is 4.43. The first kappa shape index (κ1) is 17.4. The molecule has 0 spiro atoms. The lowest BCUT2D eigenvalue weighted by atomic mass is 9.88. The van der Waals surface area contributed by atoms with Crippen molar-refractivity contribution in [2.24, 2.45) is 5.16 Å². The summed E-state index contributed by atoms with van der Waals surface area (Å²) in [7, 11) is 1.78. The van der Waals surface area contributed by atoms with E-state index >= 15 is 0 Å². The molecule has 0 aliphatic carbocycles. The highest BCUT2D eigenvalue weighted by molar-refractivity contribution is 8.01. The van der Waals surface area contributed by atoms with Gasteiger partial charge < -0.3 is 14.7 Å². The number of ether oxygens (including phenoxy) is 2. The molecule has 24 heavy (non-hydrogen) atoms. The smallest absolute Gasteiger partial charge is 0.102 e. The van der Waals surface area contributed by atoms with Crippen LogP contribution in [-0.2, 0) is 15.1 Å². The van der Waals surface area contributed by atoms with E-state index in [0.29, 0.717) is 5.71 Å². The first-order valence-electron chi connectivity index (χ1n) is 7.72.